The van der Waals surface area contributed by atoms with Crippen molar-refractivity contribution in [2.24, 2.45) is 11.8 Å². The van der Waals surface area contributed by atoms with Crippen molar-refractivity contribution >= 4 is 63.2 Å². The Balaban J connectivity index is 1.05. The molecule has 48 heavy (non-hydrogen) atoms. The Hall–Kier alpha value is -3.95. The van der Waals surface area contributed by atoms with Gasteiger partial charge in [-0.3, -0.25) is 0 Å². The molecule has 0 unspecified atom stereocenters. The van der Waals surface area contributed by atoms with E-state index in [1.165, 1.54) is 34.9 Å². The van der Waals surface area contributed by atoms with E-state index in [1.807, 2.05) is 41.1 Å². The zero-order chi connectivity index (χ0) is 32.9. The zero-order valence-electron chi connectivity index (χ0n) is 26.9. The summed E-state index contributed by atoms with van der Waals surface area (Å²) < 4.78 is 1.85. The van der Waals surface area contributed by atoms with Crippen molar-refractivity contribution in [3.8, 4) is 0 Å². The molecule has 1 aromatic heterocycles. The molecule has 1 aliphatic rings. The van der Waals surface area contributed by atoms with E-state index in [1.54, 1.807) is 6.07 Å². The molecule has 0 aliphatic heterocycles. The zero-order valence-corrected chi connectivity index (χ0v) is 29.4. The van der Waals surface area contributed by atoms with Crippen LogP contribution < -0.4 is 21.2 Å². The third kappa shape index (κ3) is 6.80. The van der Waals surface area contributed by atoms with Gasteiger partial charge in [-0.15, -0.1) is 0 Å². The van der Waals surface area contributed by atoms with Crippen LogP contribution in [0.2, 0.25) is 10.0 Å². The molecule has 1 fully saturated rings. The number of amides is 1. The van der Waals surface area contributed by atoms with Crippen molar-refractivity contribution in [1.29, 1.82) is 0 Å². The minimum atomic E-state index is -2.27. The summed E-state index contributed by atoms with van der Waals surface area (Å²) in [6.07, 6.45) is 5.74. The normalized spacial score (nSPS) is 16.9. The average Bonchev–Trinajstić information content (AvgIpc) is 3.51. The molecule has 0 saturated heterocycles. The van der Waals surface area contributed by atoms with Gasteiger partial charge in [0, 0.05) is 10.0 Å². The molecule has 7 heteroatoms. The van der Waals surface area contributed by atoms with Crippen LogP contribution in [0, 0.1) is 11.8 Å². The second kappa shape index (κ2) is 14.7. The van der Waals surface area contributed by atoms with Gasteiger partial charge in [0.05, 0.1) is 0 Å². The summed E-state index contributed by atoms with van der Waals surface area (Å²) in [4.78, 5) is 13.6. The molecule has 5 aromatic carbocycles. The van der Waals surface area contributed by atoms with Crippen LogP contribution in [0.4, 0.5) is 0 Å². The number of nitrogens with one attached hydrogen (secondary N) is 1. The number of halogens is 2. The monoisotopic (exact) mass is 691 g/mol. The number of carbonyl (C=O) groups excluding carboxylic acids is 1. The molecule has 0 atom stereocenters. The first-order chi connectivity index (χ1) is 23.5. The van der Waals surface area contributed by atoms with Crippen LogP contribution >= 0.6 is 30.5 Å². The summed E-state index contributed by atoms with van der Waals surface area (Å²) >= 11 is 12.6. The predicted octanol–water partition coefficient (Wildman–Crippen LogP) is 8.65. The fourth-order valence-corrected chi connectivity index (χ4v) is 13.4. The molecule has 1 saturated carbocycles. The van der Waals surface area contributed by atoms with E-state index >= 15 is 0 Å². The standard InChI is InChI=1S/C41H40Cl2N3OP/c42-33-25-24-32(38(43)26-33)28-46-39-19-11-10-18-37(39)40(45-46)41(47)44-27-30-20-22-31(23-21-30)29-48(34-12-4-1-5-13-34,35-14-6-2-7-15-35)36-16-8-3-9-17-36/h1-19,24-26,30-31,48H,20-23,27-29H2,(H,44,47). The third-order valence-corrected chi connectivity index (χ3v) is 15.9. The van der Waals surface area contributed by atoms with E-state index in [4.69, 9.17) is 28.3 Å². The van der Waals surface area contributed by atoms with Crippen LogP contribution in [0.25, 0.3) is 10.9 Å². The van der Waals surface area contributed by atoms with E-state index < -0.39 is 7.26 Å². The Labute approximate surface area is 293 Å². The number of hydrogen-bond donors (Lipinski definition) is 1. The fraction of sp³-hybridized carbons (Fsp3) is 0.220. The van der Waals surface area contributed by atoms with Crippen LogP contribution in [-0.4, -0.2) is 28.4 Å². The molecule has 1 amide bonds. The Kier molecular flexibility index (Phi) is 9.96. The van der Waals surface area contributed by atoms with Crippen LogP contribution in [0.1, 0.15) is 41.7 Å². The third-order valence-electron chi connectivity index (χ3n) is 10.1. The van der Waals surface area contributed by atoms with Crippen LogP contribution in [0.3, 0.4) is 0 Å². The number of fused-ring (bicyclic) bond motifs is 1. The molecule has 1 aliphatic carbocycles. The second-order valence-electron chi connectivity index (χ2n) is 13.1. The summed E-state index contributed by atoms with van der Waals surface area (Å²) in [5.41, 5.74) is 2.25. The van der Waals surface area contributed by atoms with Crippen LogP contribution in [-0.2, 0) is 6.54 Å². The Bertz CT molecular complexity index is 1890. The topological polar surface area (TPSA) is 46.9 Å². The summed E-state index contributed by atoms with van der Waals surface area (Å²) in [7, 11) is -2.27. The molecule has 7 rings (SSSR count). The molecular formula is C41H40Cl2N3OP. The van der Waals surface area contributed by atoms with Crippen molar-refractivity contribution in [1.82, 2.24) is 15.1 Å². The molecule has 4 nitrogen and oxygen atoms in total. The molecule has 0 spiro atoms. The maximum absolute atomic E-state index is 13.6. The Morgan fingerprint density at radius 3 is 1.83 bits per heavy atom. The van der Waals surface area contributed by atoms with Crippen molar-refractivity contribution in [2.75, 3.05) is 12.7 Å². The van der Waals surface area contributed by atoms with Crippen LogP contribution in [0.5, 0.6) is 0 Å². The van der Waals surface area contributed by atoms with Gasteiger partial charge in [0.15, 0.2) is 0 Å². The molecule has 1 heterocycles. The molecule has 0 radical (unpaired) electrons. The molecule has 1 N–H and O–H groups in total. The van der Waals surface area contributed by atoms with Gasteiger partial charge in [-0.05, 0) is 17.7 Å². The van der Waals surface area contributed by atoms with E-state index in [2.05, 4.69) is 96.3 Å². The molecular weight excluding hydrogens is 652 g/mol. The van der Waals surface area contributed by atoms with E-state index in [9.17, 15) is 4.79 Å². The summed E-state index contributed by atoms with van der Waals surface area (Å²) in [6.45, 7) is 1.11. The predicted molar refractivity (Wildman–Crippen MR) is 204 cm³/mol. The van der Waals surface area contributed by atoms with E-state index in [-0.39, 0.29) is 5.91 Å². The summed E-state index contributed by atoms with van der Waals surface area (Å²) in [5.74, 6) is 0.953. The SMILES string of the molecule is O=C(NCC1CCC(C[PH](c2ccccc2)(c2ccccc2)c2ccccc2)CC1)c1nn(Cc2ccc(Cl)cc2Cl)c2ccccc12. The van der Waals surface area contributed by atoms with Gasteiger partial charge in [0.1, 0.15) is 0 Å². The van der Waals surface area contributed by atoms with Gasteiger partial charge < -0.3 is 0 Å². The average molecular weight is 693 g/mol. The number of benzene rings is 5. The summed E-state index contributed by atoms with van der Waals surface area (Å²) in [5, 5.41) is 14.5. The molecule has 0 bridgehead atoms. The van der Waals surface area contributed by atoms with Crippen molar-refractivity contribution < 1.29 is 4.79 Å². The minimum absolute atomic E-state index is 0.127. The summed E-state index contributed by atoms with van der Waals surface area (Å²) in [6, 6.07) is 47.0. The van der Waals surface area contributed by atoms with Gasteiger partial charge >= 0.3 is 232 Å². The maximum atomic E-state index is 13.6. The Morgan fingerprint density at radius 2 is 1.25 bits per heavy atom. The Morgan fingerprint density at radius 1 is 0.708 bits per heavy atom. The number of nitrogens with zero attached hydrogens (tertiary/aromatic N) is 2. The van der Waals surface area contributed by atoms with Gasteiger partial charge in [-0.2, -0.15) is 0 Å². The van der Waals surface area contributed by atoms with Gasteiger partial charge in [-0.1, -0.05) is 35.3 Å². The quantitative estimate of drug-likeness (QED) is 0.146. The first-order valence-corrected chi connectivity index (χ1v) is 19.8. The van der Waals surface area contributed by atoms with E-state index in [0.29, 0.717) is 40.7 Å². The van der Waals surface area contributed by atoms with Gasteiger partial charge in [0.2, 0.25) is 0 Å². The number of aromatic nitrogens is 2. The number of carbonyl (C=O) groups is 1. The van der Waals surface area contributed by atoms with E-state index in [0.717, 1.165) is 29.3 Å². The number of rotatable bonds is 10. The van der Waals surface area contributed by atoms with Crippen molar-refractivity contribution in [3.63, 3.8) is 0 Å². The van der Waals surface area contributed by atoms with Crippen molar-refractivity contribution in [3.05, 3.63) is 155 Å². The molecule has 244 valence electrons. The van der Waals surface area contributed by atoms with Gasteiger partial charge in [0.25, 0.3) is 0 Å². The van der Waals surface area contributed by atoms with Crippen LogP contribution in [0.15, 0.2) is 133 Å². The first kappa shape index (κ1) is 32.6. The first-order valence-electron chi connectivity index (χ1n) is 16.9. The second-order valence-corrected chi connectivity index (χ2v) is 17.9. The number of para-hydroxylation sites is 1. The number of hydrogen-bond acceptors (Lipinski definition) is 2. The van der Waals surface area contributed by atoms with Crippen molar-refractivity contribution in [2.45, 2.75) is 32.2 Å². The fourth-order valence-electron chi connectivity index (χ4n) is 7.64. The molecule has 6 aromatic rings. The van der Waals surface area contributed by atoms with Gasteiger partial charge in [-0.25, -0.2) is 0 Å².